The standard InChI is InChI=1S/C21H27NO4S2/c1-17(2)27(23,24)16-20-11-8-18(9-12-20)7-10-19-5-3-6-21(15-19)22-13-4-14-28(22,25)26/h3,5-6,8-9,11-12,15,17H,4,7,10,13-14,16H2,1-2H3. The quantitative estimate of drug-likeness (QED) is 0.687. The highest BCUT2D eigenvalue weighted by Gasteiger charge is 2.28. The summed E-state index contributed by atoms with van der Waals surface area (Å²) in [5.74, 6) is 0.285. The van der Waals surface area contributed by atoms with Gasteiger partial charge in [0.25, 0.3) is 0 Å². The Kier molecular flexibility index (Phi) is 6.15. The summed E-state index contributed by atoms with van der Waals surface area (Å²) in [6.45, 7) is 3.95. The van der Waals surface area contributed by atoms with Crippen LogP contribution in [-0.2, 0) is 38.5 Å². The lowest BCUT2D eigenvalue weighted by Gasteiger charge is -2.17. The fourth-order valence-electron chi connectivity index (χ4n) is 3.29. The monoisotopic (exact) mass is 421 g/mol. The molecule has 0 saturated carbocycles. The van der Waals surface area contributed by atoms with Crippen LogP contribution in [0.2, 0.25) is 0 Å². The molecule has 0 amide bonds. The van der Waals surface area contributed by atoms with E-state index in [0.717, 1.165) is 35.2 Å². The van der Waals surface area contributed by atoms with Crippen LogP contribution in [0.3, 0.4) is 0 Å². The van der Waals surface area contributed by atoms with Crippen molar-refractivity contribution in [2.75, 3.05) is 16.6 Å². The number of sulfone groups is 1. The summed E-state index contributed by atoms with van der Waals surface area (Å²) in [7, 11) is -6.26. The van der Waals surface area contributed by atoms with E-state index in [4.69, 9.17) is 0 Å². The summed E-state index contributed by atoms with van der Waals surface area (Å²) in [4.78, 5) is 0. The third-order valence-electron chi connectivity index (χ3n) is 5.11. The van der Waals surface area contributed by atoms with E-state index in [9.17, 15) is 16.8 Å². The molecule has 1 fully saturated rings. The smallest absolute Gasteiger partial charge is 0.235 e. The highest BCUT2D eigenvalue weighted by molar-refractivity contribution is 7.93. The molecule has 0 aliphatic carbocycles. The van der Waals surface area contributed by atoms with Crippen molar-refractivity contribution in [3.05, 3.63) is 65.2 Å². The van der Waals surface area contributed by atoms with Gasteiger partial charge in [0.15, 0.2) is 9.84 Å². The average Bonchev–Trinajstić information content (AvgIpc) is 3.00. The Bertz CT molecular complexity index is 1030. The van der Waals surface area contributed by atoms with E-state index in [-0.39, 0.29) is 16.8 Å². The van der Waals surface area contributed by atoms with Crippen molar-refractivity contribution in [1.29, 1.82) is 0 Å². The van der Waals surface area contributed by atoms with E-state index in [2.05, 4.69) is 0 Å². The number of hydrogen-bond donors (Lipinski definition) is 0. The Hall–Kier alpha value is -1.86. The Morgan fingerprint density at radius 1 is 0.964 bits per heavy atom. The second kappa shape index (κ2) is 8.25. The molecule has 0 aromatic heterocycles. The Morgan fingerprint density at radius 3 is 2.21 bits per heavy atom. The molecule has 0 spiro atoms. The molecule has 1 saturated heterocycles. The fourth-order valence-corrected chi connectivity index (χ4v) is 5.83. The van der Waals surface area contributed by atoms with E-state index < -0.39 is 19.9 Å². The minimum Gasteiger partial charge on any atom is -0.270 e. The summed E-state index contributed by atoms with van der Waals surface area (Å²) in [6.07, 6.45) is 2.28. The van der Waals surface area contributed by atoms with Crippen LogP contribution < -0.4 is 4.31 Å². The number of anilines is 1. The van der Waals surface area contributed by atoms with E-state index in [1.807, 2.05) is 48.5 Å². The molecule has 0 bridgehead atoms. The highest BCUT2D eigenvalue weighted by atomic mass is 32.2. The molecule has 2 aromatic rings. The Morgan fingerprint density at radius 2 is 1.61 bits per heavy atom. The topological polar surface area (TPSA) is 71.5 Å². The van der Waals surface area contributed by atoms with Crippen molar-refractivity contribution in [2.45, 2.75) is 44.1 Å². The van der Waals surface area contributed by atoms with E-state index in [0.29, 0.717) is 13.0 Å². The van der Waals surface area contributed by atoms with Gasteiger partial charge in [0, 0.05) is 6.54 Å². The minimum absolute atomic E-state index is 0.0668. The van der Waals surface area contributed by atoms with Crippen LogP contribution in [0.1, 0.15) is 37.0 Å². The molecule has 0 unspecified atom stereocenters. The molecule has 5 nitrogen and oxygen atoms in total. The fraction of sp³-hybridized carbons (Fsp3) is 0.429. The zero-order chi connectivity index (χ0) is 20.4. The zero-order valence-electron chi connectivity index (χ0n) is 16.3. The zero-order valence-corrected chi connectivity index (χ0v) is 18.0. The molecule has 1 aliphatic rings. The van der Waals surface area contributed by atoms with Crippen LogP contribution in [0.25, 0.3) is 0 Å². The minimum atomic E-state index is -3.17. The lowest BCUT2D eigenvalue weighted by molar-refractivity contribution is 0.586. The molecule has 1 heterocycles. The molecule has 2 aromatic carbocycles. The maximum absolute atomic E-state index is 12.1. The number of hydrogen-bond acceptors (Lipinski definition) is 4. The number of aryl methyl sites for hydroxylation is 2. The van der Waals surface area contributed by atoms with Gasteiger partial charge in [-0.1, -0.05) is 36.4 Å². The molecule has 1 aliphatic heterocycles. The normalized spacial score (nSPS) is 16.6. The molecule has 152 valence electrons. The van der Waals surface area contributed by atoms with Crippen LogP contribution in [0.15, 0.2) is 48.5 Å². The van der Waals surface area contributed by atoms with Crippen LogP contribution in [0.4, 0.5) is 5.69 Å². The van der Waals surface area contributed by atoms with Crippen molar-refractivity contribution in [1.82, 2.24) is 0 Å². The molecule has 28 heavy (non-hydrogen) atoms. The van der Waals surface area contributed by atoms with Gasteiger partial charge in [0.05, 0.1) is 22.4 Å². The number of benzene rings is 2. The number of rotatable bonds is 7. The van der Waals surface area contributed by atoms with Crippen LogP contribution in [-0.4, -0.2) is 34.4 Å². The van der Waals surface area contributed by atoms with Crippen LogP contribution >= 0.6 is 0 Å². The second-order valence-corrected chi connectivity index (χ2v) is 12.2. The molecular weight excluding hydrogens is 394 g/mol. The van der Waals surface area contributed by atoms with E-state index in [1.54, 1.807) is 13.8 Å². The maximum Gasteiger partial charge on any atom is 0.235 e. The number of sulfonamides is 1. The summed E-state index contributed by atoms with van der Waals surface area (Å²) in [5, 5.41) is -0.376. The van der Waals surface area contributed by atoms with Gasteiger partial charge < -0.3 is 0 Å². The van der Waals surface area contributed by atoms with Crippen molar-refractivity contribution in [2.24, 2.45) is 0 Å². The molecular formula is C21H27NO4S2. The summed E-state index contributed by atoms with van der Waals surface area (Å²) < 4.78 is 49.8. The third-order valence-corrected chi connectivity index (χ3v) is 9.15. The highest BCUT2D eigenvalue weighted by Crippen LogP contribution is 2.25. The van der Waals surface area contributed by atoms with Crippen LogP contribution in [0.5, 0.6) is 0 Å². The van der Waals surface area contributed by atoms with E-state index >= 15 is 0 Å². The van der Waals surface area contributed by atoms with Crippen molar-refractivity contribution < 1.29 is 16.8 Å². The van der Waals surface area contributed by atoms with Gasteiger partial charge in [-0.05, 0) is 61.9 Å². The molecule has 0 radical (unpaired) electrons. The van der Waals surface area contributed by atoms with Gasteiger partial charge in [0.2, 0.25) is 10.0 Å². The molecule has 0 N–H and O–H groups in total. The van der Waals surface area contributed by atoms with Gasteiger partial charge in [-0.15, -0.1) is 0 Å². The first kappa shape index (κ1) is 20.9. The second-order valence-electron chi connectivity index (χ2n) is 7.58. The number of nitrogens with zero attached hydrogens (tertiary/aromatic N) is 1. The van der Waals surface area contributed by atoms with Gasteiger partial charge in [-0.2, -0.15) is 0 Å². The maximum atomic E-state index is 12.1. The van der Waals surface area contributed by atoms with Crippen molar-refractivity contribution in [3.8, 4) is 0 Å². The van der Waals surface area contributed by atoms with Crippen LogP contribution in [0, 0.1) is 0 Å². The largest absolute Gasteiger partial charge is 0.270 e. The first-order valence-electron chi connectivity index (χ1n) is 9.56. The van der Waals surface area contributed by atoms with Crippen molar-refractivity contribution >= 4 is 25.5 Å². The first-order valence-corrected chi connectivity index (χ1v) is 12.9. The molecule has 7 heteroatoms. The molecule has 3 rings (SSSR count). The lowest BCUT2D eigenvalue weighted by Crippen LogP contribution is -2.25. The Labute approximate surface area is 168 Å². The first-order chi connectivity index (χ1) is 13.2. The predicted octanol–water partition coefficient (Wildman–Crippen LogP) is 3.33. The SMILES string of the molecule is CC(C)S(=O)(=O)Cc1ccc(CCc2cccc(N3CCCS3(=O)=O)c2)cc1. The van der Waals surface area contributed by atoms with Crippen molar-refractivity contribution in [3.63, 3.8) is 0 Å². The lowest BCUT2D eigenvalue weighted by atomic mass is 10.0. The average molecular weight is 422 g/mol. The predicted molar refractivity (Wildman–Crippen MR) is 114 cm³/mol. The van der Waals surface area contributed by atoms with E-state index in [1.165, 1.54) is 4.31 Å². The summed E-state index contributed by atoms with van der Waals surface area (Å²) >= 11 is 0. The summed E-state index contributed by atoms with van der Waals surface area (Å²) in [6, 6.07) is 15.4. The molecule has 0 atom stereocenters. The van der Waals surface area contributed by atoms with Gasteiger partial charge in [-0.3, -0.25) is 4.31 Å². The third kappa shape index (κ3) is 4.94. The summed E-state index contributed by atoms with van der Waals surface area (Å²) in [5.41, 5.74) is 3.76. The van der Waals surface area contributed by atoms with Gasteiger partial charge in [-0.25, -0.2) is 16.8 Å². The van der Waals surface area contributed by atoms with Gasteiger partial charge >= 0.3 is 0 Å². The van der Waals surface area contributed by atoms with Gasteiger partial charge in [0.1, 0.15) is 0 Å². The Balaban J connectivity index is 1.64.